The molecule has 1 unspecified atom stereocenters. The van der Waals surface area contributed by atoms with Gasteiger partial charge >= 0.3 is 5.97 Å². The van der Waals surface area contributed by atoms with E-state index in [1.165, 1.54) is 5.56 Å². The smallest absolute Gasteiger partial charge is 0.310 e. The molecule has 1 heterocycles. The van der Waals surface area contributed by atoms with Crippen molar-refractivity contribution in [2.24, 2.45) is 5.41 Å². The number of nitrogens with zero attached hydrogens (tertiary/aromatic N) is 1. The summed E-state index contributed by atoms with van der Waals surface area (Å²) in [6.07, 6.45) is 2.43. The summed E-state index contributed by atoms with van der Waals surface area (Å²) in [4.78, 5) is 13.8. The molecule has 0 amide bonds. The van der Waals surface area contributed by atoms with Crippen molar-refractivity contribution in [2.45, 2.75) is 32.7 Å². The van der Waals surface area contributed by atoms with E-state index in [1.807, 2.05) is 18.2 Å². The van der Waals surface area contributed by atoms with Gasteiger partial charge in [0.1, 0.15) is 5.75 Å². The van der Waals surface area contributed by atoms with E-state index >= 15 is 0 Å². The minimum atomic E-state index is -0.646. The van der Waals surface area contributed by atoms with Crippen molar-refractivity contribution < 1.29 is 14.6 Å². The summed E-state index contributed by atoms with van der Waals surface area (Å²) >= 11 is 0. The van der Waals surface area contributed by atoms with Crippen LogP contribution in [0.25, 0.3) is 0 Å². The van der Waals surface area contributed by atoms with Crippen molar-refractivity contribution in [3.8, 4) is 5.75 Å². The van der Waals surface area contributed by atoms with Crippen LogP contribution in [0.5, 0.6) is 5.75 Å². The third kappa shape index (κ3) is 3.12. The summed E-state index contributed by atoms with van der Waals surface area (Å²) in [5, 5.41) is 9.51. The van der Waals surface area contributed by atoms with Gasteiger partial charge < -0.3 is 9.84 Å². The van der Waals surface area contributed by atoms with Gasteiger partial charge in [0, 0.05) is 13.1 Å². The van der Waals surface area contributed by atoms with Crippen LogP contribution in [0.1, 0.15) is 31.7 Å². The number of carboxylic acids is 1. The lowest BCUT2D eigenvalue weighted by molar-refractivity contribution is -0.148. The van der Waals surface area contributed by atoms with Gasteiger partial charge in [-0.3, -0.25) is 9.69 Å². The lowest BCUT2D eigenvalue weighted by Gasteiger charge is -2.24. The molecule has 2 rings (SSSR count). The molecular weight excluding hydrogens is 254 g/mol. The summed E-state index contributed by atoms with van der Waals surface area (Å²) in [6, 6.07) is 7.97. The summed E-state index contributed by atoms with van der Waals surface area (Å²) in [5.41, 5.74) is 0.621. The summed E-state index contributed by atoms with van der Waals surface area (Å²) < 4.78 is 5.22. The molecular formula is C16H23NO3. The van der Waals surface area contributed by atoms with Gasteiger partial charge in [0.05, 0.1) is 12.5 Å². The molecule has 1 aromatic carbocycles. The molecule has 0 aromatic heterocycles. The molecule has 0 saturated carbocycles. The van der Waals surface area contributed by atoms with Crippen LogP contribution in [0.4, 0.5) is 0 Å². The van der Waals surface area contributed by atoms with Gasteiger partial charge in [0.25, 0.3) is 0 Å². The number of methoxy groups -OCH3 is 1. The zero-order chi connectivity index (χ0) is 14.6. The second-order valence-electron chi connectivity index (χ2n) is 5.65. The van der Waals surface area contributed by atoms with Crippen LogP contribution in [0.3, 0.4) is 0 Å². The van der Waals surface area contributed by atoms with Gasteiger partial charge in [-0.1, -0.05) is 25.5 Å². The number of benzene rings is 1. The number of rotatable bonds is 6. The SMILES string of the molecule is CCCC1(C(=O)O)CCN(Cc2cccc(OC)c2)C1. The van der Waals surface area contributed by atoms with E-state index in [4.69, 9.17) is 4.74 Å². The Morgan fingerprint density at radius 3 is 2.95 bits per heavy atom. The minimum absolute atomic E-state index is 0.548. The highest BCUT2D eigenvalue weighted by Gasteiger charge is 2.43. The van der Waals surface area contributed by atoms with Crippen LogP contribution in [0, 0.1) is 5.41 Å². The zero-order valence-electron chi connectivity index (χ0n) is 12.3. The molecule has 1 fully saturated rings. The number of hydrogen-bond acceptors (Lipinski definition) is 3. The van der Waals surface area contributed by atoms with Crippen molar-refractivity contribution in [3.63, 3.8) is 0 Å². The molecule has 1 N–H and O–H groups in total. The highest BCUT2D eigenvalue weighted by Crippen LogP contribution is 2.36. The molecule has 0 radical (unpaired) electrons. The van der Waals surface area contributed by atoms with E-state index in [-0.39, 0.29) is 0 Å². The highest BCUT2D eigenvalue weighted by molar-refractivity contribution is 5.75. The normalized spacial score (nSPS) is 22.9. The molecule has 4 heteroatoms. The quantitative estimate of drug-likeness (QED) is 0.868. The first-order valence-electron chi connectivity index (χ1n) is 7.18. The van der Waals surface area contributed by atoms with E-state index in [0.29, 0.717) is 6.54 Å². The predicted octanol–water partition coefficient (Wildman–Crippen LogP) is 2.77. The van der Waals surface area contributed by atoms with Gasteiger partial charge in [-0.25, -0.2) is 0 Å². The van der Waals surface area contributed by atoms with E-state index in [2.05, 4.69) is 17.9 Å². The molecule has 0 aliphatic carbocycles. The Morgan fingerprint density at radius 2 is 2.30 bits per heavy atom. The maximum Gasteiger partial charge on any atom is 0.310 e. The lowest BCUT2D eigenvalue weighted by Crippen LogP contribution is -2.34. The van der Waals surface area contributed by atoms with Crippen LogP contribution in [0.2, 0.25) is 0 Å². The van der Waals surface area contributed by atoms with Crippen LogP contribution >= 0.6 is 0 Å². The minimum Gasteiger partial charge on any atom is -0.497 e. The van der Waals surface area contributed by atoms with Gasteiger partial charge in [-0.05, 0) is 37.1 Å². The van der Waals surface area contributed by atoms with E-state index in [0.717, 1.165) is 38.1 Å². The maximum atomic E-state index is 11.6. The Balaban J connectivity index is 2.03. The lowest BCUT2D eigenvalue weighted by atomic mass is 9.83. The molecule has 110 valence electrons. The molecule has 1 aliphatic heterocycles. The molecule has 1 atom stereocenters. The standard InChI is InChI=1S/C16H23NO3/c1-3-7-16(15(18)19)8-9-17(12-16)11-13-5-4-6-14(10-13)20-2/h4-6,10H,3,7-9,11-12H2,1-2H3,(H,18,19). The van der Waals surface area contributed by atoms with Gasteiger partial charge in [0.15, 0.2) is 0 Å². The summed E-state index contributed by atoms with van der Waals surface area (Å²) in [5.74, 6) is 0.201. The van der Waals surface area contributed by atoms with E-state index in [1.54, 1.807) is 7.11 Å². The van der Waals surface area contributed by atoms with Crippen LogP contribution < -0.4 is 4.74 Å². The first-order chi connectivity index (χ1) is 9.59. The fraction of sp³-hybridized carbons (Fsp3) is 0.562. The Hall–Kier alpha value is -1.55. The first-order valence-corrected chi connectivity index (χ1v) is 7.18. The second-order valence-corrected chi connectivity index (χ2v) is 5.65. The van der Waals surface area contributed by atoms with E-state index < -0.39 is 11.4 Å². The fourth-order valence-corrected chi connectivity index (χ4v) is 3.09. The first kappa shape index (κ1) is 14.9. The third-order valence-electron chi connectivity index (χ3n) is 4.16. The largest absolute Gasteiger partial charge is 0.497 e. The topological polar surface area (TPSA) is 49.8 Å². The maximum absolute atomic E-state index is 11.6. The Kier molecular flexibility index (Phi) is 4.65. The molecule has 1 saturated heterocycles. The van der Waals surface area contributed by atoms with Crippen molar-refractivity contribution in [1.29, 1.82) is 0 Å². The number of ether oxygens (including phenoxy) is 1. The van der Waals surface area contributed by atoms with Gasteiger partial charge in [0.2, 0.25) is 0 Å². The van der Waals surface area contributed by atoms with Crippen LogP contribution in [0.15, 0.2) is 24.3 Å². The van der Waals surface area contributed by atoms with Crippen LogP contribution in [-0.2, 0) is 11.3 Å². The third-order valence-corrected chi connectivity index (χ3v) is 4.16. The number of hydrogen-bond donors (Lipinski definition) is 1. The summed E-state index contributed by atoms with van der Waals surface area (Å²) in [6.45, 7) is 4.34. The molecule has 20 heavy (non-hydrogen) atoms. The highest BCUT2D eigenvalue weighted by atomic mass is 16.5. The molecule has 0 spiro atoms. The summed E-state index contributed by atoms with van der Waals surface area (Å²) in [7, 11) is 1.66. The van der Waals surface area contributed by atoms with Crippen molar-refractivity contribution in [3.05, 3.63) is 29.8 Å². The number of aliphatic carboxylic acids is 1. The second kappa shape index (κ2) is 6.27. The Morgan fingerprint density at radius 1 is 1.50 bits per heavy atom. The van der Waals surface area contributed by atoms with Gasteiger partial charge in [-0.2, -0.15) is 0 Å². The van der Waals surface area contributed by atoms with E-state index in [9.17, 15) is 9.90 Å². The van der Waals surface area contributed by atoms with Crippen molar-refractivity contribution >= 4 is 5.97 Å². The fourth-order valence-electron chi connectivity index (χ4n) is 3.09. The molecule has 4 nitrogen and oxygen atoms in total. The van der Waals surface area contributed by atoms with Crippen LogP contribution in [-0.4, -0.2) is 36.2 Å². The van der Waals surface area contributed by atoms with Crippen molar-refractivity contribution in [1.82, 2.24) is 4.90 Å². The molecule has 1 aliphatic rings. The molecule has 1 aromatic rings. The average Bonchev–Trinajstić information content (AvgIpc) is 2.84. The number of carbonyl (C=O) groups is 1. The molecule has 0 bridgehead atoms. The Bertz CT molecular complexity index is 475. The zero-order valence-corrected chi connectivity index (χ0v) is 12.3. The number of likely N-dealkylation sites (tertiary alicyclic amines) is 1. The Labute approximate surface area is 120 Å². The average molecular weight is 277 g/mol. The number of carboxylic acid groups (broad SMARTS) is 1. The van der Waals surface area contributed by atoms with Crippen molar-refractivity contribution in [2.75, 3.05) is 20.2 Å². The predicted molar refractivity (Wildman–Crippen MR) is 77.9 cm³/mol. The monoisotopic (exact) mass is 277 g/mol. The van der Waals surface area contributed by atoms with Gasteiger partial charge in [-0.15, -0.1) is 0 Å².